The van der Waals surface area contributed by atoms with Crippen LogP contribution in [0.5, 0.6) is 0 Å². The van der Waals surface area contributed by atoms with E-state index in [4.69, 9.17) is 10.5 Å². The van der Waals surface area contributed by atoms with Crippen molar-refractivity contribution in [1.29, 1.82) is 0 Å². The van der Waals surface area contributed by atoms with E-state index in [1.165, 1.54) is 0 Å². The van der Waals surface area contributed by atoms with Gasteiger partial charge in [-0.1, -0.05) is 20.8 Å². The van der Waals surface area contributed by atoms with Gasteiger partial charge in [0.15, 0.2) is 0 Å². The van der Waals surface area contributed by atoms with Crippen LogP contribution in [-0.4, -0.2) is 55.6 Å². The van der Waals surface area contributed by atoms with Crippen molar-refractivity contribution in [3.8, 4) is 0 Å². The molecule has 0 spiro atoms. The number of amides is 2. The smallest absolute Gasteiger partial charge is 0.237 e. The third-order valence-corrected chi connectivity index (χ3v) is 3.30. The Morgan fingerprint density at radius 2 is 2.10 bits per heavy atom. The molecule has 0 aliphatic carbocycles. The second kappa shape index (κ2) is 8.21. The van der Waals surface area contributed by atoms with Gasteiger partial charge in [-0.05, 0) is 18.9 Å². The number of hydrogen-bond acceptors (Lipinski definition) is 4. The molecule has 1 aliphatic heterocycles. The second-order valence-corrected chi connectivity index (χ2v) is 5.78. The molecule has 6 nitrogen and oxygen atoms in total. The van der Waals surface area contributed by atoms with E-state index in [-0.39, 0.29) is 24.4 Å². The zero-order valence-corrected chi connectivity index (χ0v) is 12.7. The number of rotatable bonds is 8. The molecule has 6 heteroatoms. The molecule has 1 rings (SSSR count). The van der Waals surface area contributed by atoms with Crippen molar-refractivity contribution in [2.24, 2.45) is 17.6 Å². The van der Waals surface area contributed by atoms with Crippen LogP contribution < -0.4 is 11.1 Å². The first-order chi connectivity index (χ1) is 9.45. The standard InChI is InChI=1S/C14H27N3O3/c1-4-5-16-12-9-20-8-11(12)14(19)17(6-10(2)3)7-13(15)18/h10-12,16H,4-9H2,1-3H3,(H2,15,18). The second-order valence-electron chi connectivity index (χ2n) is 5.78. The van der Waals surface area contributed by atoms with Gasteiger partial charge in [0.1, 0.15) is 0 Å². The molecule has 3 N–H and O–H groups in total. The quantitative estimate of drug-likeness (QED) is 0.656. The van der Waals surface area contributed by atoms with Crippen molar-refractivity contribution in [2.45, 2.75) is 33.2 Å². The van der Waals surface area contributed by atoms with E-state index in [2.05, 4.69) is 12.2 Å². The summed E-state index contributed by atoms with van der Waals surface area (Å²) in [6.45, 7) is 8.44. The Bertz CT molecular complexity index is 334. The van der Waals surface area contributed by atoms with Gasteiger partial charge in [0.25, 0.3) is 0 Å². The number of ether oxygens (including phenoxy) is 1. The summed E-state index contributed by atoms with van der Waals surface area (Å²) < 4.78 is 5.42. The van der Waals surface area contributed by atoms with Crippen LogP contribution in [0.2, 0.25) is 0 Å². The van der Waals surface area contributed by atoms with Crippen LogP contribution in [0, 0.1) is 11.8 Å². The first-order valence-electron chi connectivity index (χ1n) is 7.33. The van der Waals surface area contributed by atoms with Crippen LogP contribution in [0.1, 0.15) is 27.2 Å². The topological polar surface area (TPSA) is 84.7 Å². The molecule has 0 aromatic heterocycles. The highest BCUT2D eigenvalue weighted by Crippen LogP contribution is 2.17. The lowest BCUT2D eigenvalue weighted by molar-refractivity contribution is -0.139. The van der Waals surface area contributed by atoms with Crippen molar-refractivity contribution in [3.63, 3.8) is 0 Å². The van der Waals surface area contributed by atoms with Gasteiger partial charge in [-0.3, -0.25) is 9.59 Å². The molecule has 1 aliphatic rings. The highest BCUT2D eigenvalue weighted by molar-refractivity contribution is 5.85. The molecule has 2 amide bonds. The monoisotopic (exact) mass is 285 g/mol. The van der Waals surface area contributed by atoms with E-state index in [0.29, 0.717) is 25.7 Å². The van der Waals surface area contributed by atoms with Crippen molar-refractivity contribution < 1.29 is 14.3 Å². The summed E-state index contributed by atoms with van der Waals surface area (Å²) in [7, 11) is 0. The van der Waals surface area contributed by atoms with Crippen LogP contribution in [0.15, 0.2) is 0 Å². The molecule has 1 heterocycles. The molecule has 0 bridgehead atoms. The van der Waals surface area contributed by atoms with Gasteiger partial charge >= 0.3 is 0 Å². The fraction of sp³-hybridized carbons (Fsp3) is 0.857. The number of carbonyl (C=O) groups excluding carboxylic acids is 2. The molecule has 0 aromatic carbocycles. The first-order valence-corrected chi connectivity index (χ1v) is 7.33. The number of nitrogens with zero attached hydrogens (tertiary/aromatic N) is 1. The van der Waals surface area contributed by atoms with Crippen molar-refractivity contribution >= 4 is 11.8 Å². The van der Waals surface area contributed by atoms with Crippen LogP contribution >= 0.6 is 0 Å². The Kier molecular flexibility index (Phi) is 6.95. The molecule has 2 unspecified atom stereocenters. The van der Waals surface area contributed by atoms with Gasteiger partial charge in [0.2, 0.25) is 11.8 Å². The maximum absolute atomic E-state index is 12.6. The summed E-state index contributed by atoms with van der Waals surface area (Å²) in [5.74, 6) is -0.443. The molecule has 1 saturated heterocycles. The normalized spacial score (nSPS) is 22.2. The van der Waals surface area contributed by atoms with Gasteiger partial charge in [-0.15, -0.1) is 0 Å². The third-order valence-electron chi connectivity index (χ3n) is 3.30. The zero-order valence-electron chi connectivity index (χ0n) is 12.7. The molecule has 2 atom stereocenters. The number of hydrogen-bond donors (Lipinski definition) is 2. The maximum atomic E-state index is 12.6. The maximum Gasteiger partial charge on any atom is 0.237 e. The minimum Gasteiger partial charge on any atom is -0.379 e. The van der Waals surface area contributed by atoms with E-state index < -0.39 is 5.91 Å². The molecule has 0 saturated carbocycles. The highest BCUT2D eigenvalue weighted by Gasteiger charge is 2.36. The zero-order chi connectivity index (χ0) is 15.1. The number of nitrogens with two attached hydrogens (primary N) is 1. The average Bonchev–Trinajstić information content (AvgIpc) is 2.81. The first kappa shape index (κ1) is 16.9. The largest absolute Gasteiger partial charge is 0.379 e. The van der Waals surface area contributed by atoms with Crippen LogP contribution in [0.3, 0.4) is 0 Å². The van der Waals surface area contributed by atoms with E-state index in [1.54, 1.807) is 4.90 Å². The minimum atomic E-state index is -0.476. The predicted octanol–water partition coefficient (Wildman–Crippen LogP) is -0.0291. The Labute approximate surface area is 121 Å². The van der Waals surface area contributed by atoms with Crippen molar-refractivity contribution in [1.82, 2.24) is 10.2 Å². The number of primary amides is 1. The van der Waals surface area contributed by atoms with E-state index >= 15 is 0 Å². The predicted molar refractivity (Wildman–Crippen MR) is 77.0 cm³/mol. The lowest BCUT2D eigenvalue weighted by atomic mass is 10.0. The number of carbonyl (C=O) groups is 2. The SMILES string of the molecule is CCCNC1COCC1C(=O)N(CC(N)=O)CC(C)C. The van der Waals surface area contributed by atoms with Crippen molar-refractivity contribution in [2.75, 3.05) is 32.8 Å². The number of nitrogens with one attached hydrogen (secondary N) is 1. The lowest BCUT2D eigenvalue weighted by Gasteiger charge is -2.28. The van der Waals surface area contributed by atoms with Gasteiger partial charge < -0.3 is 20.7 Å². The van der Waals surface area contributed by atoms with E-state index in [0.717, 1.165) is 13.0 Å². The van der Waals surface area contributed by atoms with E-state index in [1.807, 2.05) is 13.8 Å². The Balaban J connectivity index is 2.68. The van der Waals surface area contributed by atoms with E-state index in [9.17, 15) is 9.59 Å². The summed E-state index contributed by atoms with van der Waals surface area (Å²) in [5, 5.41) is 3.34. The molecule has 116 valence electrons. The molecule has 20 heavy (non-hydrogen) atoms. The molecule has 0 aromatic rings. The molecular weight excluding hydrogens is 258 g/mol. The van der Waals surface area contributed by atoms with Crippen LogP contribution in [-0.2, 0) is 14.3 Å². The highest BCUT2D eigenvalue weighted by atomic mass is 16.5. The Morgan fingerprint density at radius 1 is 1.40 bits per heavy atom. The van der Waals surface area contributed by atoms with Gasteiger partial charge in [0, 0.05) is 12.6 Å². The van der Waals surface area contributed by atoms with Gasteiger partial charge in [-0.25, -0.2) is 0 Å². The summed E-state index contributed by atoms with van der Waals surface area (Å²) >= 11 is 0. The lowest BCUT2D eigenvalue weighted by Crippen LogP contribution is -2.49. The average molecular weight is 285 g/mol. The fourth-order valence-electron chi connectivity index (χ4n) is 2.42. The Hall–Kier alpha value is -1.14. The van der Waals surface area contributed by atoms with Crippen molar-refractivity contribution in [3.05, 3.63) is 0 Å². The summed E-state index contributed by atoms with van der Waals surface area (Å²) in [4.78, 5) is 25.3. The van der Waals surface area contributed by atoms with Crippen LogP contribution in [0.4, 0.5) is 0 Å². The molecule has 1 fully saturated rings. The van der Waals surface area contributed by atoms with Gasteiger partial charge in [-0.2, -0.15) is 0 Å². The molecular formula is C14H27N3O3. The fourth-order valence-corrected chi connectivity index (χ4v) is 2.42. The summed E-state index contributed by atoms with van der Waals surface area (Å²) in [5.41, 5.74) is 5.24. The molecule has 0 radical (unpaired) electrons. The minimum absolute atomic E-state index is 0.0198. The van der Waals surface area contributed by atoms with Crippen LogP contribution in [0.25, 0.3) is 0 Å². The third kappa shape index (κ3) is 5.09. The summed E-state index contributed by atoms with van der Waals surface area (Å²) in [6, 6.07) is 0.0324. The Morgan fingerprint density at radius 3 is 2.65 bits per heavy atom. The van der Waals surface area contributed by atoms with Gasteiger partial charge in [0.05, 0.1) is 25.7 Å². The summed E-state index contributed by atoms with van der Waals surface area (Å²) in [6.07, 6.45) is 1.01.